The van der Waals surface area contributed by atoms with Gasteiger partial charge in [0.25, 0.3) is 5.91 Å². The monoisotopic (exact) mass is 340 g/mol. The van der Waals surface area contributed by atoms with E-state index in [1.54, 1.807) is 0 Å². The van der Waals surface area contributed by atoms with Crippen LogP contribution in [0.4, 0.5) is 18.9 Å². The topological polar surface area (TPSA) is 77.5 Å². The lowest BCUT2D eigenvalue weighted by molar-refractivity contribution is -0.274. The normalized spacial score (nSPS) is 10.8. The zero-order chi connectivity index (χ0) is 17.7. The smallest absolute Gasteiger partial charge is 0.465 e. The highest BCUT2D eigenvalue weighted by atomic mass is 19.4. The van der Waals surface area contributed by atoms with Crippen LogP contribution in [0.5, 0.6) is 5.75 Å². The lowest BCUT2D eigenvalue weighted by Gasteiger charge is -2.10. The number of methoxy groups -OCH3 is 1. The molecule has 6 nitrogen and oxygen atoms in total. The highest BCUT2D eigenvalue weighted by molar-refractivity contribution is 6.03. The standard InChI is InChI=1S/C15H11F3N2O4/c1-23-14(22)9-2-7-12(19-8-9)13(21)20-10-3-5-11(6-4-10)24-15(16,17)18/h2-8H,1H3,(H,20,21). The molecular formula is C15H11F3N2O4. The van der Waals surface area contributed by atoms with E-state index in [4.69, 9.17) is 0 Å². The highest BCUT2D eigenvalue weighted by Gasteiger charge is 2.30. The Kier molecular flexibility index (Phi) is 5.02. The van der Waals surface area contributed by atoms with Crippen molar-refractivity contribution in [3.8, 4) is 5.75 Å². The summed E-state index contributed by atoms with van der Waals surface area (Å²) in [6.07, 6.45) is -3.60. The van der Waals surface area contributed by atoms with Crippen molar-refractivity contribution in [2.75, 3.05) is 12.4 Å². The van der Waals surface area contributed by atoms with Gasteiger partial charge in [-0.1, -0.05) is 0 Å². The summed E-state index contributed by atoms with van der Waals surface area (Å²) in [5, 5.41) is 2.46. The third-order valence-corrected chi connectivity index (χ3v) is 2.76. The second-order valence-electron chi connectivity index (χ2n) is 4.45. The summed E-state index contributed by atoms with van der Waals surface area (Å²) in [6.45, 7) is 0. The zero-order valence-corrected chi connectivity index (χ0v) is 12.3. The maximum absolute atomic E-state index is 12.1. The first-order chi connectivity index (χ1) is 11.3. The van der Waals surface area contributed by atoms with Crippen molar-refractivity contribution in [3.63, 3.8) is 0 Å². The van der Waals surface area contributed by atoms with Crippen molar-refractivity contribution < 1.29 is 32.2 Å². The second-order valence-corrected chi connectivity index (χ2v) is 4.45. The number of hydrogen-bond donors (Lipinski definition) is 1. The summed E-state index contributed by atoms with van der Waals surface area (Å²) >= 11 is 0. The van der Waals surface area contributed by atoms with Gasteiger partial charge in [-0.2, -0.15) is 0 Å². The predicted molar refractivity (Wildman–Crippen MR) is 76.7 cm³/mol. The first kappa shape index (κ1) is 17.3. The number of amides is 1. The number of hydrogen-bond acceptors (Lipinski definition) is 5. The van der Waals surface area contributed by atoms with Crippen molar-refractivity contribution >= 4 is 17.6 Å². The van der Waals surface area contributed by atoms with Crippen LogP contribution < -0.4 is 10.1 Å². The Hall–Kier alpha value is -3.10. The summed E-state index contributed by atoms with van der Waals surface area (Å²) in [5.41, 5.74) is 0.467. The lowest BCUT2D eigenvalue weighted by atomic mass is 10.2. The molecule has 1 amide bonds. The summed E-state index contributed by atoms with van der Waals surface area (Å²) in [7, 11) is 1.22. The molecule has 9 heteroatoms. The molecule has 0 aliphatic heterocycles. The Morgan fingerprint density at radius 2 is 1.75 bits per heavy atom. The van der Waals surface area contributed by atoms with Crippen LogP contribution >= 0.6 is 0 Å². The van der Waals surface area contributed by atoms with Gasteiger partial charge in [-0.05, 0) is 36.4 Å². The number of alkyl halides is 3. The third-order valence-electron chi connectivity index (χ3n) is 2.76. The number of benzene rings is 1. The van der Waals surface area contributed by atoms with Gasteiger partial charge in [0.05, 0.1) is 12.7 Å². The van der Waals surface area contributed by atoms with Gasteiger partial charge in [0.15, 0.2) is 0 Å². The second kappa shape index (κ2) is 6.99. The molecule has 1 aromatic carbocycles. The quantitative estimate of drug-likeness (QED) is 0.866. The molecule has 1 aromatic heterocycles. The van der Waals surface area contributed by atoms with E-state index in [0.29, 0.717) is 0 Å². The van der Waals surface area contributed by atoms with Gasteiger partial charge in [0.2, 0.25) is 0 Å². The molecule has 0 atom stereocenters. The summed E-state index contributed by atoms with van der Waals surface area (Å²) in [6, 6.07) is 7.33. The van der Waals surface area contributed by atoms with Crippen LogP contribution in [0.15, 0.2) is 42.6 Å². The number of pyridine rings is 1. The number of ether oxygens (including phenoxy) is 2. The number of aromatic nitrogens is 1. The molecule has 0 aliphatic rings. The minimum Gasteiger partial charge on any atom is -0.465 e. The number of carbonyl (C=O) groups excluding carboxylic acids is 2. The highest BCUT2D eigenvalue weighted by Crippen LogP contribution is 2.24. The summed E-state index contributed by atoms with van der Waals surface area (Å²) in [5.74, 6) is -1.58. The van der Waals surface area contributed by atoms with Gasteiger partial charge in [0.1, 0.15) is 11.4 Å². The molecule has 1 N–H and O–H groups in total. The van der Waals surface area contributed by atoms with Crippen LogP contribution in [0.2, 0.25) is 0 Å². The Morgan fingerprint density at radius 3 is 2.25 bits per heavy atom. The molecule has 0 saturated carbocycles. The molecule has 0 aliphatic carbocycles. The van der Waals surface area contributed by atoms with E-state index in [1.807, 2.05) is 0 Å². The van der Waals surface area contributed by atoms with E-state index < -0.39 is 24.0 Å². The van der Waals surface area contributed by atoms with Crippen molar-refractivity contribution in [1.29, 1.82) is 0 Å². The van der Waals surface area contributed by atoms with Gasteiger partial charge in [-0.3, -0.25) is 9.78 Å². The van der Waals surface area contributed by atoms with Gasteiger partial charge in [0, 0.05) is 11.9 Å². The number of esters is 1. The fraction of sp³-hybridized carbons (Fsp3) is 0.133. The molecule has 0 bridgehead atoms. The molecule has 0 fully saturated rings. The van der Waals surface area contributed by atoms with Crippen molar-refractivity contribution in [1.82, 2.24) is 4.98 Å². The average molecular weight is 340 g/mol. The van der Waals surface area contributed by atoms with E-state index in [9.17, 15) is 22.8 Å². The molecule has 2 aromatic rings. The molecule has 0 spiro atoms. The fourth-order valence-corrected chi connectivity index (χ4v) is 1.70. The molecule has 2 rings (SSSR count). The Balaban J connectivity index is 2.02. The number of rotatable bonds is 4. The predicted octanol–water partition coefficient (Wildman–Crippen LogP) is 3.02. The van der Waals surface area contributed by atoms with E-state index in [-0.39, 0.29) is 16.9 Å². The molecule has 126 valence electrons. The first-order valence-electron chi connectivity index (χ1n) is 6.50. The van der Waals surface area contributed by atoms with E-state index in [0.717, 1.165) is 12.1 Å². The van der Waals surface area contributed by atoms with Gasteiger partial charge in [-0.15, -0.1) is 13.2 Å². The minimum absolute atomic E-state index is 0.0262. The van der Waals surface area contributed by atoms with Gasteiger partial charge in [-0.25, -0.2) is 4.79 Å². The number of anilines is 1. The Morgan fingerprint density at radius 1 is 1.08 bits per heavy atom. The minimum atomic E-state index is -4.78. The Bertz CT molecular complexity index is 728. The van der Waals surface area contributed by atoms with Crippen molar-refractivity contribution in [2.45, 2.75) is 6.36 Å². The van der Waals surface area contributed by atoms with Crippen molar-refractivity contribution in [3.05, 3.63) is 53.9 Å². The summed E-state index contributed by atoms with van der Waals surface area (Å²) in [4.78, 5) is 27.1. The number of nitrogens with zero attached hydrogens (tertiary/aromatic N) is 1. The zero-order valence-electron chi connectivity index (χ0n) is 12.3. The maximum Gasteiger partial charge on any atom is 0.573 e. The van der Waals surface area contributed by atoms with Crippen LogP contribution in [0.25, 0.3) is 0 Å². The molecule has 0 radical (unpaired) electrons. The number of carbonyl (C=O) groups is 2. The van der Waals surface area contributed by atoms with Crippen LogP contribution in [-0.4, -0.2) is 30.3 Å². The maximum atomic E-state index is 12.1. The first-order valence-corrected chi connectivity index (χ1v) is 6.50. The number of nitrogens with one attached hydrogen (secondary N) is 1. The third kappa shape index (κ3) is 4.70. The molecule has 1 heterocycles. The van der Waals surface area contributed by atoms with E-state index >= 15 is 0 Å². The van der Waals surface area contributed by atoms with Crippen LogP contribution in [0.1, 0.15) is 20.8 Å². The fourth-order valence-electron chi connectivity index (χ4n) is 1.70. The molecule has 0 unspecified atom stereocenters. The van der Waals surface area contributed by atoms with Crippen LogP contribution in [0, 0.1) is 0 Å². The van der Waals surface area contributed by atoms with Gasteiger partial charge < -0.3 is 14.8 Å². The molecule has 24 heavy (non-hydrogen) atoms. The summed E-state index contributed by atoms with van der Waals surface area (Å²) < 4.78 is 44.4. The van der Waals surface area contributed by atoms with Gasteiger partial charge >= 0.3 is 12.3 Å². The number of halogens is 3. The molecular weight excluding hydrogens is 329 g/mol. The van der Waals surface area contributed by atoms with E-state index in [1.165, 1.54) is 37.6 Å². The van der Waals surface area contributed by atoms with Crippen LogP contribution in [-0.2, 0) is 4.74 Å². The largest absolute Gasteiger partial charge is 0.573 e. The lowest BCUT2D eigenvalue weighted by Crippen LogP contribution is -2.17. The average Bonchev–Trinajstić information content (AvgIpc) is 2.54. The van der Waals surface area contributed by atoms with Crippen molar-refractivity contribution in [2.24, 2.45) is 0 Å². The van der Waals surface area contributed by atoms with Crippen LogP contribution in [0.3, 0.4) is 0 Å². The molecule has 0 saturated heterocycles. The SMILES string of the molecule is COC(=O)c1ccc(C(=O)Nc2ccc(OC(F)(F)F)cc2)nc1. The Labute approximate surface area is 134 Å². The van der Waals surface area contributed by atoms with E-state index in [2.05, 4.69) is 19.8 Å².